The zero-order valence-electron chi connectivity index (χ0n) is 13.7. The largest absolute Gasteiger partial charge is 0.488 e. The Morgan fingerprint density at radius 3 is 2.42 bits per heavy atom. The average Bonchev–Trinajstić information content (AvgIpc) is 2.91. The molecule has 1 aromatic carbocycles. The van der Waals surface area contributed by atoms with Gasteiger partial charge in [-0.25, -0.2) is 9.18 Å². The number of nitroso groups, excluding NO2 is 1. The van der Waals surface area contributed by atoms with Crippen molar-refractivity contribution in [3.8, 4) is 5.75 Å². The minimum absolute atomic E-state index is 0.0677. The molecule has 0 spiro atoms. The van der Waals surface area contributed by atoms with Crippen molar-refractivity contribution < 1.29 is 23.5 Å². The van der Waals surface area contributed by atoms with Crippen LogP contribution in [0, 0.1) is 10.7 Å². The molecule has 0 radical (unpaired) electrons. The van der Waals surface area contributed by atoms with Gasteiger partial charge in [0.25, 0.3) is 0 Å². The molecule has 1 aliphatic rings. The monoisotopic (exact) mass is 338 g/mol. The minimum Gasteiger partial charge on any atom is -0.488 e. The van der Waals surface area contributed by atoms with Gasteiger partial charge in [-0.15, -0.1) is 4.91 Å². The topological polar surface area (TPSA) is 85.3 Å². The first-order chi connectivity index (χ1) is 11.2. The van der Waals surface area contributed by atoms with Crippen molar-refractivity contribution in [2.24, 2.45) is 5.18 Å². The van der Waals surface area contributed by atoms with Crippen molar-refractivity contribution in [1.82, 2.24) is 4.90 Å². The molecule has 1 aromatic rings. The van der Waals surface area contributed by atoms with E-state index in [1.165, 1.54) is 24.3 Å². The maximum atomic E-state index is 12.9. The molecule has 0 N–H and O–H groups in total. The van der Waals surface area contributed by atoms with Crippen LogP contribution in [-0.4, -0.2) is 41.2 Å². The van der Waals surface area contributed by atoms with Crippen LogP contribution in [0.1, 0.15) is 27.2 Å². The van der Waals surface area contributed by atoms with Crippen LogP contribution in [0.25, 0.3) is 0 Å². The lowest BCUT2D eigenvalue weighted by atomic mass is 10.2. The number of hydrogen-bond acceptors (Lipinski definition) is 5. The summed E-state index contributed by atoms with van der Waals surface area (Å²) in [6, 6.07) is 4.35. The second-order valence-electron chi connectivity index (χ2n) is 6.51. The van der Waals surface area contributed by atoms with Crippen LogP contribution < -0.4 is 4.74 Å². The molecule has 2 amide bonds. The molecule has 1 saturated heterocycles. The van der Waals surface area contributed by atoms with Gasteiger partial charge in [0, 0.05) is 11.6 Å². The van der Waals surface area contributed by atoms with Crippen molar-refractivity contribution in [1.29, 1.82) is 0 Å². The summed E-state index contributed by atoms with van der Waals surface area (Å²) in [6.45, 7) is 5.16. The number of carbonyl (C=O) groups is 2. The van der Waals surface area contributed by atoms with Crippen molar-refractivity contribution >= 4 is 12.0 Å². The molecule has 2 rings (SSSR count). The Morgan fingerprint density at radius 2 is 1.88 bits per heavy atom. The number of ether oxygens (including phenoxy) is 2. The average molecular weight is 338 g/mol. The van der Waals surface area contributed by atoms with E-state index in [4.69, 9.17) is 9.47 Å². The number of likely N-dealkylation sites (tertiary alicyclic amines) is 1. The van der Waals surface area contributed by atoms with E-state index in [1.54, 1.807) is 20.8 Å². The Kier molecular flexibility index (Phi) is 5.16. The van der Waals surface area contributed by atoms with E-state index in [9.17, 15) is 18.9 Å². The van der Waals surface area contributed by atoms with Crippen molar-refractivity contribution in [3.63, 3.8) is 0 Å². The molecule has 1 fully saturated rings. The van der Waals surface area contributed by atoms with Gasteiger partial charge in [-0.2, -0.15) is 0 Å². The smallest absolute Gasteiger partial charge is 0.411 e. The van der Waals surface area contributed by atoms with Gasteiger partial charge in [-0.05, 0) is 45.0 Å². The molecule has 130 valence electrons. The SMILES string of the molecule is CC(C)(C)OC(=O)N1CC(Oc2ccc(F)cc2)CC1C(=O)N=O. The van der Waals surface area contributed by atoms with Crippen LogP contribution in [-0.2, 0) is 9.53 Å². The standard InChI is InChI=1S/C16H19FN2O5/c1-16(2,3)24-15(21)19-9-12(8-13(19)14(20)18-22)23-11-6-4-10(17)5-7-11/h4-7,12-13H,8-9H2,1-3H3. The predicted octanol–water partition coefficient (Wildman–Crippen LogP) is 2.88. The van der Waals surface area contributed by atoms with Gasteiger partial charge in [0.15, 0.2) is 0 Å². The van der Waals surface area contributed by atoms with Crippen LogP contribution in [0.4, 0.5) is 9.18 Å². The molecular weight excluding hydrogens is 319 g/mol. The second-order valence-corrected chi connectivity index (χ2v) is 6.51. The van der Waals surface area contributed by atoms with Crippen LogP contribution >= 0.6 is 0 Å². The van der Waals surface area contributed by atoms with E-state index >= 15 is 0 Å². The minimum atomic E-state index is -1.03. The first-order valence-electron chi connectivity index (χ1n) is 7.48. The summed E-state index contributed by atoms with van der Waals surface area (Å²) in [6.07, 6.45) is -1.13. The maximum absolute atomic E-state index is 12.9. The van der Waals surface area contributed by atoms with E-state index in [0.717, 1.165) is 4.90 Å². The Balaban J connectivity index is 2.11. The summed E-state index contributed by atoms with van der Waals surface area (Å²) >= 11 is 0. The zero-order chi connectivity index (χ0) is 17.9. The summed E-state index contributed by atoms with van der Waals surface area (Å²) in [4.78, 5) is 35.7. The summed E-state index contributed by atoms with van der Waals surface area (Å²) < 4.78 is 23.8. The van der Waals surface area contributed by atoms with Gasteiger partial charge < -0.3 is 9.47 Å². The number of carbonyl (C=O) groups excluding carboxylic acids is 2. The molecular formula is C16H19FN2O5. The molecule has 0 saturated carbocycles. The van der Waals surface area contributed by atoms with Crippen LogP contribution in [0.5, 0.6) is 5.75 Å². The van der Waals surface area contributed by atoms with Gasteiger partial charge in [0.05, 0.1) is 6.54 Å². The Hall–Kier alpha value is -2.51. The zero-order valence-corrected chi connectivity index (χ0v) is 13.7. The van der Waals surface area contributed by atoms with E-state index in [2.05, 4.69) is 5.18 Å². The molecule has 2 unspecified atom stereocenters. The third-order valence-electron chi connectivity index (χ3n) is 3.38. The highest BCUT2D eigenvalue weighted by Crippen LogP contribution is 2.26. The highest BCUT2D eigenvalue weighted by molar-refractivity contribution is 5.87. The summed E-state index contributed by atoms with van der Waals surface area (Å²) in [5.41, 5.74) is -0.741. The molecule has 24 heavy (non-hydrogen) atoms. The highest BCUT2D eigenvalue weighted by atomic mass is 19.1. The highest BCUT2D eigenvalue weighted by Gasteiger charge is 2.43. The first-order valence-corrected chi connectivity index (χ1v) is 7.48. The molecule has 1 heterocycles. The lowest BCUT2D eigenvalue weighted by Gasteiger charge is -2.26. The normalized spacial score (nSPS) is 20.6. The van der Waals surface area contributed by atoms with E-state index in [0.29, 0.717) is 5.75 Å². The molecule has 1 aliphatic heterocycles. The molecule has 0 aliphatic carbocycles. The number of benzene rings is 1. The maximum Gasteiger partial charge on any atom is 0.411 e. The third-order valence-corrected chi connectivity index (χ3v) is 3.38. The van der Waals surface area contributed by atoms with E-state index < -0.39 is 35.6 Å². The Labute approximate surface area is 138 Å². The third kappa shape index (κ3) is 4.50. The molecule has 0 aromatic heterocycles. The van der Waals surface area contributed by atoms with Gasteiger partial charge in [-0.3, -0.25) is 9.69 Å². The lowest BCUT2D eigenvalue weighted by Crippen LogP contribution is -2.43. The summed E-state index contributed by atoms with van der Waals surface area (Å²) in [5.74, 6) is -0.953. The van der Waals surface area contributed by atoms with Crippen LogP contribution in [0.15, 0.2) is 29.4 Å². The lowest BCUT2D eigenvalue weighted by molar-refractivity contribution is -0.122. The fourth-order valence-electron chi connectivity index (χ4n) is 2.41. The number of rotatable bonds is 3. The molecule has 0 bridgehead atoms. The van der Waals surface area contributed by atoms with Crippen molar-refractivity contribution in [3.05, 3.63) is 35.0 Å². The van der Waals surface area contributed by atoms with Gasteiger partial charge in [0.1, 0.15) is 29.3 Å². The van der Waals surface area contributed by atoms with E-state index in [-0.39, 0.29) is 13.0 Å². The summed E-state index contributed by atoms with van der Waals surface area (Å²) in [7, 11) is 0. The first kappa shape index (κ1) is 17.8. The number of amides is 2. The van der Waals surface area contributed by atoms with Crippen LogP contribution in [0.3, 0.4) is 0 Å². The quantitative estimate of drug-likeness (QED) is 0.791. The van der Waals surface area contributed by atoms with E-state index in [1.807, 2.05) is 0 Å². The van der Waals surface area contributed by atoms with Gasteiger partial charge >= 0.3 is 12.0 Å². The molecule has 2 atom stereocenters. The Bertz CT molecular complexity index is 626. The van der Waals surface area contributed by atoms with Crippen LogP contribution in [0.2, 0.25) is 0 Å². The fourth-order valence-corrected chi connectivity index (χ4v) is 2.41. The van der Waals surface area contributed by atoms with Crippen molar-refractivity contribution in [2.75, 3.05) is 6.54 Å². The van der Waals surface area contributed by atoms with Gasteiger partial charge in [-0.1, -0.05) is 0 Å². The van der Waals surface area contributed by atoms with Crippen molar-refractivity contribution in [2.45, 2.75) is 44.9 Å². The molecule has 8 heteroatoms. The summed E-state index contributed by atoms with van der Waals surface area (Å²) in [5, 5.41) is 2.41. The second kappa shape index (κ2) is 6.94. The fraction of sp³-hybridized carbons (Fsp3) is 0.500. The van der Waals surface area contributed by atoms with Gasteiger partial charge in [0.2, 0.25) is 0 Å². The number of halogens is 1. The predicted molar refractivity (Wildman–Crippen MR) is 83.0 cm³/mol. The number of hydrogen-bond donors (Lipinski definition) is 0. The Morgan fingerprint density at radius 1 is 1.25 bits per heavy atom. The molecule has 7 nitrogen and oxygen atoms in total. The number of nitrogens with zero attached hydrogens (tertiary/aromatic N) is 2.